The Bertz CT molecular complexity index is 424. The van der Waals surface area contributed by atoms with Crippen LogP contribution in [-0.2, 0) is 0 Å². The molecule has 2 saturated heterocycles. The highest BCUT2D eigenvalue weighted by atomic mass is 127. The van der Waals surface area contributed by atoms with Crippen molar-refractivity contribution < 1.29 is 0 Å². The highest BCUT2D eigenvalue weighted by Gasteiger charge is 2.31. The molecule has 0 bridgehead atoms. The maximum atomic E-state index is 6.35. The molecule has 2 aliphatic heterocycles. The molecule has 0 N–H and O–H groups in total. The number of anilines is 1. The van der Waals surface area contributed by atoms with Crippen LogP contribution in [0.4, 0.5) is 5.69 Å². The minimum Gasteiger partial charge on any atom is -0.367 e. The number of piperazine rings is 1. The van der Waals surface area contributed by atoms with Crippen LogP contribution in [0.3, 0.4) is 0 Å². The topological polar surface area (TPSA) is 6.48 Å². The molecule has 3 rings (SSSR count). The molecular weight excluding hydrogens is 347 g/mol. The molecule has 17 heavy (non-hydrogen) atoms. The molecule has 1 unspecified atom stereocenters. The van der Waals surface area contributed by atoms with Crippen LogP contribution in [0.15, 0.2) is 18.2 Å². The molecule has 2 fully saturated rings. The van der Waals surface area contributed by atoms with Crippen LogP contribution in [0.25, 0.3) is 0 Å². The van der Waals surface area contributed by atoms with Crippen molar-refractivity contribution in [3.8, 4) is 0 Å². The average Bonchev–Trinajstić information content (AvgIpc) is 2.75. The summed E-state index contributed by atoms with van der Waals surface area (Å²) in [5, 5.41) is 0.892. The fourth-order valence-electron chi connectivity index (χ4n) is 2.95. The molecular formula is C13H16ClIN2. The van der Waals surface area contributed by atoms with Gasteiger partial charge in [-0.15, -0.1) is 0 Å². The van der Waals surface area contributed by atoms with E-state index in [1.54, 1.807) is 0 Å². The number of hydrogen-bond acceptors (Lipinski definition) is 2. The van der Waals surface area contributed by atoms with Crippen molar-refractivity contribution in [3.05, 3.63) is 26.8 Å². The first-order chi connectivity index (χ1) is 8.24. The zero-order valence-electron chi connectivity index (χ0n) is 9.70. The molecule has 1 aromatic rings. The molecule has 2 heterocycles. The van der Waals surface area contributed by atoms with E-state index in [0.717, 1.165) is 24.2 Å². The SMILES string of the molecule is Clc1cc(I)ccc1N1CCN2CCCC2C1. The Morgan fingerprint density at radius 2 is 2.12 bits per heavy atom. The molecule has 0 spiro atoms. The summed E-state index contributed by atoms with van der Waals surface area (Å²) in [4.78, 5) is 5.07. The van der Waals surface area contributed by atoms with Gasteiger partial charge in [0.1, 0.15) is 0 Å². The van der Waals surface area contributed by atoms with Crippen molar-refractivity contribution in [2.45, 2.75) is 18.9 Å². The van der Waals surface area contributed by atoms with E-state index in [4.69, 9.17) is 11.6 Å². The van der Waals surface area contributed by atoms with E-state index < -0.39 is 0 Å². The lowest BCUT2D eigenvalue weighted by molar-refractivity contribution is 0.231. The maximum absolute atomic E-state index is 6.35. The number of benzene rings is 1. The summed E-state index contributed by atoms with van der Waals surface area (Å²) in [7, 11) is 0. The average molecular weight is 363 g/mol. The molecule has 0 aliphatic carbocycles. The van der Waals surface area contributed by atoms with Gasteiger partial charge in [-0.25, -0.2) is 0 Å². The van der Waals surface area contributed by atoms with Gasteiger partial charge in [-0.2, -0.15) is 0 Å². The summed E-state index contributed by atoms with van der Waals surface area (Å²) < 4.78 is 1.20. The first-order valence-corrected chi connectivity index (χ1v) is 7.64. The van der Waals surface area contributed by atoms with Crippen LogP contribution in [0.5, 0.6) is 0 Å². The minimum atomic E-state index is 0.749. The second-order valence-corrected chi connectivity index (χ2v) is 6.53. The van der Waals surface area contributed by atoms with Crippen molar-refractivity contribution in [3.63, 3.8) is 0 Å². The number of halogens is 2. The zero-order chi connectivity index (χ0) is 11.8. The number of rotatable bonds is 1. The van der Waals surface area contributed by atoms with Crippen LogP contribution in [0, 0.1) is 3.57 Å². The van der Waals surface area contributed by atoms with Gasteiger partial charge in [0.05, 0.1) is 10.7 Å². The van der Waals surface area contributed by atoms with Crippen LogP contribution in [0.1, 0.15) is 12.8 Å². The lowest BCUT2D eigenvalue weighted by atomic mass is 10.1. The lowest BCUT2D eigenvalue weighted by Gasteiger charge is -2.39. The molecule has 1 atom stereocenters. The Hall–Kier alpha value is -0.000000000000000132. The molecule has 0 saturated carbocycles. The van der Waals surface area contributed by atoms with Gasteiger partial charge in [0.2, 0.25) is 0 Å². The first kappa shape index (κ1) is 12.1. The summed E-state index contributed by atoms with van der Waals surface area (Å²) in [5.74, 6) is 0. The van der Waals surface area contributed by atoms with Crippen molar-refractivity contribution in [1.82, 2.24) is 4.90 Å². The Morgan fingerprint density at radius 3 is 2.94 bits per heavy atom. The molecule has 0 radical (unpaired) electrons. The summed E-state index contributed by atoms with van der Waals surface area (Å²) in [6, 6.07) is 7.11. The van der Waals surface area contributed by atoms with E-state index in [9.17, 15) is 0 Å². The van der Waals surface area contributed by atoms with Gasteiger partial charge in [-0.3, -0.25) is 4.90 Å². The van der Waals surface area contributed by atoms with E-state index in [1.807, 2.05) is 0 Å². The zero-order valence-corrected chi connectivity index (χ0v) is 12.6. The van der Waals surface area contributed by atoms with Crippen molar-refractivity contribution in [1.29, 1.82) is 0 Å². The quantitative estimate of drug-likeness (QED) is 0.708. The summed E-state index contributed by atoms with van der Waals surface area (Å²) in [5.41, 5.74) is 1.21. The lowest BCUT2D eigenvalue weighted by Crippen LogP contribution is -2.50. The molecule has 4 heteroatoms. The van der Waals surface area contributed by atoms with Gasteiger partial charge >= 0.3 is 0 Å². The predicted molar refractivity (Wildman–Crippen MR) is 81.0 cm³/mol. The highest BCUT2D eigenvalue weighted by Crippen LogP contribution is 2.31. The second-order valence-electron chi connectivity index (χ2n) is 4.87. The van der Waals surface area contributed by atoms with Crippen LogP contribution < -0.4 is 4.90 Å². The van der Waals surface area contributed by atoms with Crippen LogP contribution in [-0.4, -0.2) is 37.1 Å². The summed E-state index contributed by atoms with van der Waals surface area (Å²) >= 11 is 8.65. The molecule has 0 aromatic heterocycles. The molecule has 0 amide bonds. The fourth-order valence-corrected chi connectivity index (χ4v) is 3.92. The third kappa shape index (κ3) is 2.42. The van der Waals surface area contributed by atoms with Gasteiger partial charge < -0.3 is 4.90 Å². The first-order valence-electron chi connectivity index (χ1n) is 6.18. The Kier molecular flexibility index (Phi) is 3.50. The summed E-state index contributed by atoms with van der Waals surface area (Å²) in [6.07, 6.45) is 2.71. The van der Waals surface area contributed by atoms with Crippen molar-refractivity contribution >= 4 is 39.9 Å². The van der Waals surface area contributed by atoms with Crippen LogP contribution in [0.2, 0.25) is 5.02 Å². The normalized spacial score (nSPS) is 25.1. The number of hydrogen-bond donors (Lipinski definition) is 0. The number of nitrogens with zero attached hydrogens (tertiary/aromatic N) is 2. The fraction of sp³-hybridized carbons (Fsp3) is 0.538. The van der Waals surface area contributed by atoms with E-state index >= 15 is 0 Å². The van der Waals surface area contributed by atoms with Crippen LogP contribution >= 0.6 is 34.2 Å². The van der Waals surface area contributed by atoms with Gasteiger partial charge in [-0.05, 0) is 60.2 Å². The van der Waals surface area contributed by atoms with Crippen molar-refractivity contribution in [2.24, 2.45) is 0 Å². The molecule has 1 aromatic carbocycles. The van der Waals surface area contributed by atoms with E-state index in [2.05, 4.69) is 50.6 Å². The molecule has 92 valence electrons. The Balaban J connectivity index is 1.80. The molecule has 2 nitrogen and oxygen atoms in total. The van der Waals surface area contributed by atoms with Crippen molar-refractivity contribution in [2.75, 3.05) is 31.1 Å². The van der Waals surface area contributed by atoms with Gasteiger partial charge in [-0.1, -0.05) is 11.6 Å². The standard InChI is InChI=1S/C13H16ClIN2/c14-12-8-10(15)3-4-13(12)17-7-6-16-5-1-2-11(16)9-17/h3-4,8,11H,1-2,5-7,9H2. The minimum absolute atomic E-state index is 0.749. The largest absolute Gasteiger partial charge is 0.367 e. The summed E-state index contributed by atoms with van der Waals surface area (Å²) in [6.45, 7) is 4.73. The Labute approximate surface area is 121 Å². The van der Waals surface area contributed by atoms with E-state index in [-0.39, 0.29) is 0 Å². The third-order valence-electron chi connectivity index (χ3n) is 3.84. The van der Waals surface area contributed by atoms with E-state index in [0.29, 0.717) is 0 Å². The van der Waals surface area contributed by atoms with Gasteiger partial charge in [0.25, 0.3) is 0 Å². The van der Waals surface area contributed by atoms with Gasteiger partial charge in [0.15, 0.2) is 0 Å². The molecule has 2 aliphatic rings. The van der Waals surface area contributed by atoms with Gasteiger partial charge in [0, 0.05) is 29.2 Å². The second kappa shape index (κ2) is 4.94. The Morgan fingerprint density at radius 1 is 1.24 bits per heavy atom. The monoisotopic (exact) mass is 362 g/mol. The smallest absolute Gasteiger partial charge is 0.0650 e. The highest BCUT2D eigenvalue weighted by molar-refractivity contribution is 14.1. The third-order valence-corrected chi connectivity index (χ3v) is 4.81. The maximum Gasteiger partial charge on any atom is 0.0650 e. The number of fused-ring (bicyclic) bond motifs is 1. The van der Waals surface area contributed by atoms with E-state index in [1.165, 1.54) is 35.2 Å². The predicted octanol–water partition coefficient (Wildman–Crippen LogP) is 3.23.